The van der Waals surface area contributed by atoms with Crippen molar-refractivity contribution in [1.82, 2.24) is 20.4 Å². The number of carbonyl (C=O) groups is 1. The molecule has 1 saturated carbocycles. The zero-order chi connectivity index (χ0) is 20.8. The molecule has 0 spiro atoms. The highest BCUT2D eigenvalue weighted by molar-refractivity contribution is 5.81. The number of rotatable bonds is 6. The fourth-order valence-corrected chi connectivity index (χ4v) is 5.15. The number of likely N-dealkylation sites (tertiary alicyclic amines) is 1. The smallest absolute Gasteiger partial charge is 0.225 e. The van der Waals surface area contributed by atoms with Crippen molar-refractivity contribution in [1.29, 1.82) is 0 Å². The first-order valence-corrected chi connectivity index (χ1v) is 11.8. The molecule has 0 radical (unpaired) electrons. The summed E-state index contributed by atoms with van der Waals surface area (Å²) in [5.74, 6) is 1.52. The molecule has 2 aliphatic heterocycles. The number of aliphatic imine (C=N–C) groups is 1. The Morgan fingerprint density at radius 3 is 2.73 bits per heavy atom. The standard InChI is InChI=1S/C24H37N5O/c1-25-24(27-22-12-16-29(18-22)23(30)20-8-3-4-9-20)26-13-6-14-28-15-11-19-7-2-5-10-21(19)17-28/h2,5,7,10,20,22H,3-4,6,8-9,11-18H2,1H3,(H2,25,26,27). The fourth-order valence-electron chi connectivity index (χ4n) is 5.15. The van der Waals surface area contributed by atoms with Gasteiger partial charge in [-0.05, 0) is 43.2 Å². The van der Waals surface area contributed by atoms with Crippen LogP contribution in [-0.4, -0.2) is 67.5 Å². The van der Waals surface area contributed by atoms with E-state index in [-0.39, 0.29) is 5.92 Å². The van der Waals surface area contributed by atoms with Crippen molar-refractivity contribution in [2.75, 3.05) is 39.8 Å². The molecule has 1 aromatic rings. The molecule has 1 saturated heterocycles. The highest BCUT2D eigenvalue weighted by Crippen LogP contribution is 2.27. The van der Waals surface area contributed by atoms with Gasteiger partial charge in [-0.15, -0.1) is 0 Å². The van der Waals surface area contributed by atoms with Crippen LogP contribution in [0.4, 0.5) is 0 Å². The molecule has 1 amide bonds. The van der Waals surface area contributed by atoms with Gasteiger partial charge in [0.1, 0.15) is 0 Å². The SMILES string of the molecule is CN=C(NCCCN1CCc2ccccc2C1)NC1CCN(C(=O)C2CCCC2)C1. The molecule has 0 bridgehead atoms. The summed E-state index contributed by atoms with van der Waals surface area (Å²) in [5, 5.41) is 6.99. The van der Waals surface area contributed by atoms with Crippen molar-refractivity contribution in [3.63, 3.8) is 0 Å². The Morgan fingerprint density at radius 1 is 1.13 bits per heavy atom. The van der Waals surface area contributed by atoms with Gasteiger partial charge in [-0.1, -0.05) is 37.1 Å². The lowest BCUT2D eigenvalue weighted by atomic mass is 10.00. The average Bonchev–Trinajstić information content (AvgIpc) is 3.47. The molecule has 3 aliphatic rings. The maximum Gasteiger partial charge on any atom is 0.225 e. The lowest BCUT2D eigenvalue weighted by Crippen LogP contribution is -2.46. The van der Waals surface area contributed by atoms with Crippen molar-refractivity contribution in [3.8, 4) is 0 Å². The maximum atomic E-state index is 12.6. The van der Waals surface area contributed by atoms with E-state index in [4.69, 9.17) is 0 Å². The van der Waals surface area contributed by atoms with Crippen LogP contribution in [0.25, 0.3) is 0 Å². The first-order valence-electron chi connectivity index (χ1n) is 11.8. The van der Waals surface area contributed by atoms with E-state index in [9.17, 15) is 4.79 Å². The maximum absolute atomic E-state index is 12.6. The van der Waals surface area contributed by atoms with Crippen molar-refractivity contribution in [3.05, 3.63) is 35.4 Å². The van der Waals surface area contributed by atoms with Gasteiger partial charge in [-0.3, -0.25) is 14.7 Å². The molecule has 1 unspecified atom stereocenters. The number of fused-ring (bicyclic) bond motifs is 1. The Morgan fingerprint density at radius 2 is 1.93 bits per heavy atom. The summed E-state index contributed by atoms with van der Waals surface area (Å²) >= 11 is 0. The van der Waals surface area contributed by atoms with Gasteiger partial charge in [0.15, 0.2) is 5.96 Å². The van der Waals surface area contributed by atoms with Crippen LogP contribution in [0.1, 0.15) is 49.7 Å². The van der Waals surface area contributed by atoms with E-state index in [2.05, 4.69) is 49.7 Å². The van der Waals surface area contributed by atoms with Crippen molar-refractivity contribution < 1.29 is 4.79 Å². The number of amides is 1. The third kappa shape index (κ3) is 5.34. The van der Waals surface area contributed by atoms with Gasteiger partial charge >= 0.3 is 0 Å². The summed E-state index contributed by atoms with van der Waals surface area (Å²) < 4.78 is 0. The molecule has 1 atom stereocenters. The molecule has 2 N–H and O–H groups in total. The molecule has 30 heavy (non-hydrogen) atoms. The highest BCUT2D eigenvalue weighted by atomic mass is 16.2. The third-order valence-corrected chi connectivity index (χ3v) is 6.92. The van der Waals surface area contributed by atoms with Crippen molar-refractivity contribution in [2.45, 2.75) is 57.5 Å². The number of nitrogens with zero attached hydrogens (tertiary/aromatic N) is 3. The molecule has 2 fully saturated rings. The van der Waals surface area contributed by atoms with Crippen LogP contribution in [0.15, 0.2) is 29.3 Å². The molecule has 6 heteroatoms. The first kappa shape index (κ1) is 21.2. The minimum Gasteiger partial charge on any atom is -0.356 e. The van der Waals surface area contributed by atoms with E-state index in [1.165, 1.54) is 24.0 Å². The molecule has 2 heterocycles. The second-order valence-corrected chi connectivity index (χ2v) is 9.04. The van der Waals surface area contributed by atoms with Gasteiger partial charge < -0.3 is 15.5 Å². The summed E-state index contributed by atoms with van der Waals surface area (Å²) in [5.41, 5.74) is 2.99. The van der Waals surface area contributed by atoms with Gasteiger partial charge in [0, 0.05) is 58.3 Å². The van der Waals surface area contributed by atoms with Crippen LogP contribution in [0.3, 0.4) is 0 Å². The van der Waals surface area contributed by atoms with Gasteiger partial charge in [0.25, 0.3) is 0 Å². The van der Waals surface area contributed by atoms with E-state index in [1.807, 2.05) is 7.05 Å². The van der Waals surface area contributed by atoms with E-state index < -0.39 is 0 Å². The predicted octanol–water partition coefficient (Wildman–Crippen LogP) is 2.39. The Balaban J connectivity index is 1.14. The lowest BCUT2D eigenvalue weighted by molar-refractivity contribution is -0.134. The quantitative estimate of drug-likeness (QED) is 0.429. The summed E-state index contributed by atoms with van der Waals surface area (Å²) in [6, 6.07) is 9.11. The highest BCUT2D eigenvalue weighted by Gasteiger charge is 2.32. The van der Waals surface area contributed by atoms with Crippen LogP contribution in [0.5, 0.6) is 0 Å². The monoisotopic (exact) mass is 411 g/mol. The molecular weight excluding hydrogens is 374 g/mol. The summed E-state index contributed by atoms with van der Waals surface area (Å²) in [6.07, 6.45) is 7.86. The predicted molar refractivity (Wildman–Crippen MR) is 121 cm³/mol. The van der Waals surface area contributed by atoms with Crippen molar-refractivity contribution in [2.24, 2.45) is 10.9 Å². The number of guanidine groups is 1. The molecule has 1 aliphatic carbocycles. The molecule has 6 nitrogen and oxygen atoms in total. The number of benzene rings is 1. The number of hydrogen-bond donors (Lipinski definition) is 2. The topological polar surface area (TPSA) is 60.0 Å². The zero-order valence-electron chi connectivity index (χ0n) is 18.4. The van der Waals surface area contributed by atoms with Crippen LogP contribution in [0.2, 0.25) is 0 Å². The number of carbonyl (C=O) groups excluding carboxylic acids is 1. The van der Waals surface area contributed by atoms with Crippen LogP contribution in [-0.2, 0) is 17.8 Å². The zero-order valence-corrected chi connectivity index (χ0v) is 18.4. The van der Waals surface area contributed by atoms with Crippen molar-refractivity contribution >= 4 is 11.9 Å². The lowest BCUT2D eigenvalue weighted by Gasteiger charge is -2.28. The number of nitrogens with one attached hydrogen (secondary N) is 2. The largest absolute Gasteiger partial charge is 0.356 e. The van der Waals surface area contributed by atoms with Gasteiger partial charge in [-0.2, -0.15) is 0 Å². The van der Waals surface area contributed by atoms with Crippen LogP contribution >= 0.6 is 0 Å². The second-order valence-electron chi connectivity index (χ2n) is 9.04. The summed E-state index contributed by atoms with van der Waals surface area (Å²) in [6.45, 7) is 5.91. The fraction of sp³-hybridized carbons (Fsp3) is 0.667. The molecule has 4 rings (SSSR count). The van der Waals surface area contributed by atoms with Gasteiger partial charge in [0.05, 0.1) is 0 Å². The third-order valence-electron chi connectivity index (χ3n) is 6.92. The molecule has 0 aromatic heterocycles. The van der Waals surface area contributed by atoms with E-state index in [0.717, 1.165) is 77.3 Å². The van der Waals surface area contributed by atoms with E-state index in [1.54, 1.807) is 0 Å². The molecule has 164 valence electrons. The second kappa shape index (κ2) is 10.3. The molecular formula is C24H37N5O. The number of hydrogen-bond acceptors (Lipinski definition) is 3. The molecule has 1 aromatic carbocycles. The normalized spacial score (nSPS) is 22.9. The van der Waals surface area contributed by atoms with Gasteiger partial charge in [0.2, 0.25) is 5.91 Å². The Hall–Kier alpha value is -2.08. The Labute approximate surface area is 181 Å². The van der Waals surface area contributed by atoms with E-state index in [0.29, 0.717) is 11.9 Å². The Kier molecular flexibility index (Phi) is 7.26. The van der Waals surface area contributed by atoms with E-state index >= 15 is 0 Å². The van der Waals surface area contributed by atoms with Gasteiger partial charge in [-0.25, -0.2) is 0 Å². The van der Waals surface area contributed by atoms with Crippen LogP contribution in [0, 0.1) is 5.92 Å². The summed E-state index contributed by atoms with van der Waals surface area (Å²) in [7, 11) is 1.83. The Bertz CT molecular complexity index is 743. The minimum atomic E-state index is 0.281. The first-order chi connectivity index (χ1) is 14.7. The summed E-state index contributed by atoms with van der Waals surface area (Å²) in [4.78, 5) is 21.6. The minimum absolute atomic E-state index is 0.281. The average molecular weight is 412 g/mol. The van der Waals surface area contributed by atoms with Crippen LogP contribution < -0.4 is 10.6 Å².